The van der Waals surface area contributed by atoms with Crippen LogP contribution in [0.3, 0.4) is 0 Å². The Labute approximate surface area is 129 Å². The molecule has 2 aromatic rings. The van der Waals surface area contributed by atoms with E-state index in [-0.39, 0.29) is 0 Å². The van der Waals surface area contributed by atoms with Crippen LogP contribution in [0.5, 0.6) is 0 Å². The maximum Gasteiger partial charge on any atom is 0.225 e. The zero-order valence-corrected chi connectivity index (χ0v) is 12.6. The molecule has 1 fully saturated rings. The van der Waals surface area contributed by atoms with Crippen LogP contribution >= 0.6 is 0 Å². The van der Waals surface area contributed by atoms with E-state index in [0.29, 0.717) is 12.5 Å². The smallest absolute Gasteiger partial charge is 0.225 e. The van der Waals surface area contributed by atoms with Gasteiger partial charge in [-0.2, -0.15) is 0 Å². The van der Waals surface area contributed by atoms with Crippen molar-refractivity contribution in [1.29, 1.82) is 0 Å². The van der Waals surface area contributed by atoms with Crippen molar-refractivity contribution < 1.29 is 9.13 Å². The van der Waals surface area contributed by atoms with Crippen LogP contribution in [0.25, 0.3) is 0 Å². The van der Waals surface area contributed by atoms with Gasteiger partial charge < -0.3 is 14.5 Å². The first-order valence-corrected chi connectivity index (χ1v) is 7.33. The summed E-state index contributed by atoms with van der Waals surface area (Å²) in [5.74, 6) is 0.0871. The molecular weight excluding hydrogens is 283 g/mol. The molecule has 0 atom stereocenters. The van der Waals surface area contributed by atoms with Gasteiger partial charge in [0, 0.05) is 32.4 Å². The predicted molar refractivity (Wildman–Crippen MR) is 83.6 cm³/mol. The number of aromatic nitrogens is 2. The Morgan fingerprint density at radius 3 is 2.59 bits per heavy atom. The second-order valence-corrected chi connectivity index (χ2v) is 5.29. The number of para-hydroxylation sites is 1. The van der Waals surface area contributed by atoms with E-state index in [9.17, 15) is 4.39 Å². The first kappa shape index (κ1) is 14.7. The number of ether oxygens (including phenoxy) is 1. The van der Waals surface area contributed by atoms with Gasteiger partial charge in [0.25, 0.3) is 0 Å². The van der Waals surface area contributed by atoms with Gasteiger partial charge >= 0.3 is 0 Å². The highest BCUT2D eigenvalue weighted by Crippen LogP contribution is 2.23. The van der Waals surface area contributed by atoms with Gasteiger partial charge in [-0.05, 0) is 11.6 Å². The van der Waals surface area contributed by atoms with Gasteiger partial charge in [-0.25, -0.2) is 14.4 Å². The topological polar surface area (TPSA) is 41.5 Å². The summed E-state index contributed by atoms with van der Waals surface area (Å²) >= 11 is 0. The lowest BCUT2D eigenvalue weighted by Gasteiger charge is -2.31. The summed E-state index contributed by atoms with van der Waals surface area (Å²) < 4.78 is 18.3. The summed E-state index contributed by atoms with van der Waals surface area (Å²) in [5.41, 5.74) is 2.40. The van der Waals surface area contributed by atoms with Gasteiger partial charge in [0.05, 0.1) is 25.6 Å². The van der Waals surface area contributed by atoms with E-state index in [1.54, 1.807) is 0 Å². The molecule has 0 saturated carbocycles. The van der Waals surface area contributed by atoms with Gasteiger partial charge in [0.1, 0.15) is 0 Å². The number of halogens is 1. The van der Waals surface area contributed by atoms with Crippen molar-refractivity contribution in [2.75, 3.05) is 43.2 Å². The fourth-order valence-corrected chi connectivity index (χ4v) is 2.59. The average molecular weight is 302 g/mol. The maximum absolute atomic E-state index is 12.9. The van der Waals surface area contributed by atoms with Crippen LogP contribution in [0.15, 0.2) is 36.7 Å². The van der Waals surface area contributed by atoms with Crippen molar-refractivity contribution >= 4 is 11.6 Å². The molecule has 6 heteroatoms. The number of hydrogen-bond donors (Lipinski definition) is 0. The van der Waals surface area contributed by atoms with E-state index in [1.165, 1.54) is 23.6 Å². The highest BCUT2D eigenvalue weighted by molar-refractivity contribution is 5.55. The number of anilines is 2. The Kier molecular flexibility index (Phi) is 4.48. The molecule has 1 aliphatic rings. The summed E-state index contributed by atoms with van der Waals surface area (Å²) in [6.07, 6.45) is 2.37. The van der Waals surface area contributed by atoms with Crippen molar-refractivity contribution in [2.45, 2.75) is 6.54 Å². The van der Waals surface area contributed by atoms with Crippen molar-refractivity contribution in [3.63, 3.8) is 0 Å². The Morgan fingerprint density at radius 2 is 1.86 bits per heavy atom. The fourth-order valence-electron chi connectivity index (χ4n) is 2.59. The SMILES string of the molecule is CN(Cc1ccccc1N1CCOCC1)c1ncc(F)cn1. The zero-order chi connectivity index (χ0) is 15.4. The lowest BCUT2D eigenvalue weighted by Crippen LogP contribution is -2.37. The molecule has 22 heavy (non-hydrogen) atoms. The summed E-state index contributed by atoms with van der Waals surface area (Å²) in [5, 5.41) is 0. The minimum absolute atomic E-state index is 0.425. The van der Waals surface area contributed by atoms with Crippen LogP contribution in [0.1, 0.15) is 5.56 Å². The lowest BCUT2D eigenvalue weighted by molar-refractivity contribution is 0.122. The zero-order valence-electron chi connectivity index (χ0n) is 12.6. The van der Waals surface area contributed by atoms with E-state index >= 15 is 0 Å². The highest BCUT2D eigenvalue weighted by atomic mass is 19.1. The Morgan fingerprint density at radius 1 is 1.18 bits per heavy atom. The lowest BCUT2D eigenvalue weighted by atomic mass is 10.1. The number of rotatable bonds is 4. The van der Waals surface area contributed by atoms with Crippen LogP contribution in [-0.2, 0) is 11.3 Å². The summed E-state index contributed by atoms with van der Waals surface area (Å²) in [7, 11) is 1.91. The van der Waals surface area contributed by atoms with E-state index < -0.39 is 5.82 Å². The van der Waals surface area contributed by atoms with Gasteiger partial charge in [-0.1, -0.05) is 18.2 Å². The third-order valence-corrected chi connectivity index (χ3v) is 3.70. The molecule has 0 aliphatic carbocycles. The quantitative estimate of drug-likeness (QED) is 0.865. The highest BCUT2D eigenvalue weighted by Gasteiger charge is 2.16. The van der Waals surface area contributed by atoms with Crippen LogP contribution in [0.4, 0.5) is 16.0 Å². The monoisotopic (exact) mass is 302 g/mol. The van der Waals surface area contributed by atoms with Gasteiger partial charge in [-0.15, -0.1) is 0 Å². The van der Waals surface area contributed by atoms with Crippen LogP contribution in [0, 0.1) is 5.82 Å². The second kappa shape index (κ2) is 6.70. The van der Waals surface area contributed by atoms with Crippen molar-refractivity contribution in [1.82, 2.24) is 9.97 Å². The van der Waals surface area contributed by atoms with E-state index in [0.717, 1.165) is 26.3 Å². The molecule has 1 aromatic heterocycles. The summed E-state index contributed by atoms with van der Waals surface area (Å²) in [6.45, 7) is 3.97. The van der Waals surface area contributed by atoms with Gasteiger partial charge in [0.2, 0.25) is 5.95 Å². The number of hydrogen-bond acceptors (Lipinski definition) is 5. The maximum atomic E-state index is 12.9. The molecule has 0 N–H and O–H groups in total. The molecule has 0 spiro atoms. The third-order valence-electron chi connectivity index (χ3n) is 3.70. The second-order valence-electron chi connectivity index (χ2n) is 5.29. The van der Waals surface area contributed by atoms with Crippen LogP contribution in [0.2, 0.25) is 0 Å². The van der Waals surface area contributed by atoms with E-state index in [2.05, 4.69) is 27.0 Å². The molecule has 1 saturated heterocycles. The Balaban J connectivity index is 1.78. The summed E-state index contributed by atoms with van der Waals surface area (Å²) in [4.78, 5) is 12.3. The Hall–Kier alpha value is -2.21. The van der Waals surface area contributed by atoms with Crippen LogP contribution in [-0.4, -0.2) is 43.3 Å². The van der Waals surface area contributed by atoms with Crippen LogP contribution < -0.4 is 9.80 Å². The van der Waals surface area contributed by atoms with Crippen molar-refractivity contribution in [3.8, 4) is 0 Å². The minimum atomic E-state index is -0.425. The number of benzene rings is 1. The van der Waals surface area contributed by atoms with Gasteiger partial charge in [0.15, 0.2) is 5.82 Å². The molecule has 3 rings (SSSR count). The Bertz CT molecular complexity index is 614. The molecule has 116 valence electrons. The first-order valence-electron chi connectivity index (χ1n) is 7.33. The molecule has 1 aliphatic heterocycles. The predicted octanol–water partition coefficient (Wildman–Crippen LogP) is 2.09. The van der Waals surface area contributed by atoms with Crippen molar-refractivity contribution in [2.24, 2.45) is 0 Å². The van der Waals surface area contributed by atoms with Gasteiger partial charge in [-0.3, -0.25) is 0 Å². The molecule has 0 radical (unpaired) electrons. The molecule has 0 amide bonds. The van der Waals surface area contributed by atoms with E-state index in [4.69, 9.17) is 4.74 Å². The first-order chi connectivity index (χ1) is 10.7. The molecule has 1 aromatic carbocycles. The molecule has 0 unspecified atom stereocenters. The standard InChI is InChI=1S/C16H19FN4O/c1-20(16-18-10-14(17)11-19-16)12-13-4-2-3-5-15(13)21-6-8-22-9-7-21/h2-5,10-11H,6-9,12H2,1H3. The van der Waals surface area contributed by atoms with E-state index in [1.807, 2.05) is 24.1 Å². The van der Waals surface area contributed by atoms with Crippen molar-refractivity contribution in [3.05, 3.63) is 48.0 Å². The molecule has 0 bridgehead atoms. The largest absolute Gasteiger partial charge is 0.378 e. The number of morpholine rings is 1. The summed E-state index contributed by atoms with van der Waals surface area (Å²) in [6, 6.07) is 8.30. The average Bonchev–Trinajstić information content (AvgIpc) is 2.57. The fraction of sp³-hybridized carbons (Fsp3) is 0.375. The number of nitrogens with zero attached hydrogens (tertiary/aromatic N) is 4. The third kappa shape index (κ3) is 3.33. The molecular formula is C16H19FN4O. The minimum Gasteiger partial charge on any atom is -0.378 e. The molecule has 5 nitrogen and oxygen atoms in total. The molecule has 2 heterocycles. The normalized spacial score (nSPS) is 14.9.